The molecule has 0 unspecified atom stereocenters. The van der Waals surface area contributed by atoms with E-state index in [1.165, 1.54) is 5.56 Å². The van der Waals surface area contributed by atoms with Gasteiger partial charge in [-0.05, 0) is 42.8 Å². The van der Waals surface area contributed by atoms with Crippen LogP contribution in [0.3, 0.4) is 0 Å². The Balaban J connectivity index is 1.66. The molecule has 1 heterocycles. The molecular weight excluding hydrogens is 344 g/mol. The molecule has 6 heteroatoms. The zero-order valence-electron chi connectivity index (χ0n) is 13.4. The van der Waals surface area contributed by atoms with E-state index in [0.29, 0.717) is 18.0 Å². The van der Waals surface area contributed by atoms with Gasteiger partial charge in [-0.1, -0.05) is 41.9 Å². The highest BCUT2D eigenvalue weighted by Gasteiger charge is 2.26. The van der Waals surface area contributed by atoms with Crippen molar-refractivity contribution in [2.45, 2.75) is 17.9 Å². The molecule has 1 saturated heterocycles. The Morgan fingerprint density at radius 1 is 0.875 bits per heavy atom. The molecule has 0 aliphatic carbocycles. The van der Waals surface area contributed by atoms with Crippen LogP contribution in [-0.4, -0.2) is 43.8 Å². The number of halogens is 1. The molecule has 1 aliphatic heterocycles. The number of hydrogen-bond donors (Lipinski definition) is 0. The van der Waals surface area contributed by atoms with Gasteiger partial charge in [0.15, 0.2) is 0 Å². The zero-order valence-corrected chi connectivity index (χ0v) is 15.0. The van der Waals surface area contributed by atoms with Gasteiger partial charge >= 0.3 is 0 Å². The topological polar surface area (TPSA) is 40.6 Å². The van der Waals surface area contributed by atoms with E-state index in [-0.39, 0.29) is 0 Å². The average Bonchev–Trinajstić information content (AvgIpc) is 2.84. The van der Waals surface area contributed by atoms with Crippen LogP contribution < -0.4 is 0 Å². The lowest BCUT2D eigenvalue weighted by atomic mass is 10.2. The first kappa shape index (κ1) is 17.4. The van der Waals surface area contributed by atoms with E-state index >= 15 is 0 Å². The predicted octanol–water partition coefficient (Wildman–Crippen LogP) is 3.24. The molecule has 0 aromatic heterocycles. The van der Waals surface area contributed by atoms with Gasteiger partial charge in [0.2, 0.25) is 10.0 Å². The normalized spacial score (nSPS) is 17.5. The highest BCUT2D eigenvalue weighted by Crippen LogP contribution is 2.18. The molecule has 0 spiro atoms. The summed E-state index contributed by atoms with van der Waals surface area (Å²) < 4.78 is 27.1. The van der Waals surface area contributed by atoms with Crippen molar-refractivity contribution >= 4 is 21.6 Å². The third-order valence-electron chi connectivity index (χ3n) is 4.25. The molecule has 0 radical (unpaired) electrons. The minimum Gasteiger partial charge on any atom is -0.298 e. The van der Waals surface area contributed by atoms with Crippen LogP contribution in [0, 0.1) is 0 Å². The number of rotatable bonds is 4. The van der Waals surface area contributed by atoms with Gasteiger partial charge in [-0.25, -0.2) is 8.42 Å². The maximum atomic E-state index is 12.7. The van der Waals surface area contributed by atoms with E-state index in [2.05, 4.69) is 4.90 Å². The van der Waals surface area contributed by atoms with Gasteiger partial charge in [-0.15, -0.1) is 0 Å². The Bertz CT molecular complexity index is 763. The van der Waals surface area contributed by atoms with E-state index in [1.807, 2.05) is 30.3 Å². The maximum Gasteiger partial charge on any atom is 0.243 e. The van der Waals surface area contributed by atoms with Crippen molar-refractivity contribution in [3.05, 3.63) is 65.2 Å². The summed E-state index contributed by atoms with van der Waals surface area (Å²) in [5.41, 5.74) is 1.19. The molecule has 24 heavy (non-hydrogen) atoms. The Morgan fingerprint density at radius 3 is 2.29 bits per heavy atom. The molecule has 1 fully saturated rings. The summed E-state index contributed by atoms with van der Waals surface area (Å²) in [6.45, 7) is 3.52. The summed E-state index contributed by atoms with van der Waals surface area (Å²) >= 11 is 5.92. The van der Waals surface area contributed by atoms with Crippen LogP contribution in [0.15, 0.2) is 59.5 Å². The van der Waals surface area contributed by atoms with Crippen molar-refractivity contribution < 1.29 is 8.42 Å². The van der Waals surface area contributed by atoms with E-state index in [0.717, 1.165) is 31.1 Å². The molecule has 1 aliphatic rings. The second-order valence-electron chi connectivity index (χ2n) is 5.97. The van der Waals surface area contributed by atoms with Crippen molar-refractivity contribution in [2.24, 2.45) is 0 Å². The van der Waals surface area contributed by atoms with Crippen molar-refractivity contribution in [1.29, 1.82) is 0 Å². The van der Waals surface area contributed by atoms with Crippen LogP contribution in [0.1, 0.15) is 12.0 Å². The highest BCUT2D eigenvalue weighted by molar-refractivity contribution is 7.89. The molecule has 0 atom stereocenters. The number of nitrogens with zero attached hydrogens (tertiary/aromatic N) is 2. The standard InChI is InChI=1S/C18H21ClN2O2S/c19-17-9-7-16(8-10-17)15-20-11-4-12-21(14-13-20)24(22,23)18-5-2-1-3-6-18/h1-3,5-10H,4,11-15H2. The molecule has 4 nitrogen and oxygen atoms in total. The van der Waals surface area contributed by atoms with Crippen LogP contribution in [0.2, 0.25) is 5.02 Å². The molecular formula is C18H21ClN2O2S. The zero-order chi connectivity index (χ0) is 17.0. The van der Waals surface area contributed by atoms with Crippen LogP contribution in [-0.2, 0) is 16.6 Å². The van der Waals surface area contributed by atoms with E-state index < -0.39 is 10.0 Å². The van der Waals surface area contributed by atoms with Crippen molar-refractivity contribution in [2.75, 3.05) is 26.2 Å². The SMILES string of the molecule is O=S(=O)(c1ccccc1)N1CCCN(Cc2ccc(Cl)cc2)CC1. The minimum absolute atomic E-state index is 0.371. The summed E-state index contributed by atoms with van der Waals surface area (Å²) in [5.74, 6) is 0. The molecule has 2 aromatic carbocycles. The predicted molar refractivity (Wildman–Crippen MR) is 96.5 cm³/mol. The van der Waals surface area contributed by atoms with Gasteiger partial charge in [0.25, 0.3) is 0 Å². The average molecular weight is 365 g/mol. The van der Waals surface area contributed by atoms with Gasteiger partial charge in [0, 0.05) is 31.2 Å². The first-order chi connectivity index (χ1) is 11.6. The van der Waals surface area contributed by atoms with Gasteiger partial charge < -0.3 is 0 Å². The lowest BCUT2D eigenvalue weighted by molar-refractivity contribution is 0.278. The summed E-state index contributed by atoms with van der Waals surface area (Å²) in [4.78, 5) is 2.67. The van der Waals surface area contributed by atoms with Crippen LogP contribution >= 0.6 is 11.6 Å². The summed E-state index contributed by atoms with van der Waals surface area (Å²) in [6.07, 6.45) is 0.833. The van der Waals surface area contributed by atoms with Crippen LogP contribution in [0.4, 0.5) is 0 Å². The van der Waals surface area contributed by atoms with Gasteiger partial charge in [-0.2, -0.15) is 4.31 Å². The smallest absolute Gasteiger partial charge is 0.243 e. The molecule has 0 saturated carbocycles. The van der Waals surface area contributed by atoms with Crippen LogP contribution in [0.25, 0.3) is 0 Å². The number of benzene rings is 2. The molecule has 0 bridgehead atoms. The third kappa shape index (κ3) is 4.16. The highest BCUT2D eigenvalue weighted by atomic mass is 35.5. The van der Waals surface area contributed by atoms with Crippen molar-refractivity contribution in [3.8, 4) is 0 Å². The first-order valence-electron chi connectivity index (χ1n) is 8.08. The van der Waals surface area contributed by atoms with E-state index in [9.17, 15) is 8.42 Å². The summed E-state index contributed by atoms with van der Waals surface area (Å²) in [7, 11) is -3.40. The van der Waals surface area contributed by atoms with Gasteiger partial charge in [0.1, 0.15) is 0 Å². The largest absolute Gasteiger partial charge is 0.298 e. The Labute approximate surface area is 148 Å². The molecule has 0 amide bonds. The number of sulfonamides is 1. The van der Waals surface area contributed by atoms with Gasteiger partial charge in [-0.3, -0.25) is 4.90 Å². The van der Waals surface area contributed by atoms with Gasteiger partial charge in [0.05, 0.1) is 4.90 Å². The quantitative estimate of drug-likeness (QED) is 0.836. The minimum atomic E-state index is -3.40. The van der Waals surface area contributed by atoms with E-state index in [1.54, 1.807) is 28.6 Å². The fourth-order valence-electron chi connectivity index (χ4n) is 2.94. The summed E-state index contributed by atoms with van der Waals surface area (Å²) in [5, 5.41) is 0.731. The molecule has 3 rings (SSSR count). The monoisotopic (exact) mass is 364 g/mol. The van der Waals surface area contributed by atoms with Crippen LogP contribution in [0.5, 0.6) is 0 Å². The molecule has 128 valence electrons. The van der Waals surface area contributed by atoms with E-state index in [4.69, 9.17) is 11.6 Å². The Morgan fingerprint density at radius 2 is 1.58 bits per heavy atom. The lowest BCUT2D eigenvalue weighted by Crippen LogP contribution is -2.35. The second-order valence-corrected chi connectivity index (χ2v) is 8.35. The fourth-order valence-corrected chi connectivity index (χ4v) is 4.55. The van der Waals surface area contributed by atoms with Crippen molar-refractivity contribution in [1.82, 2.24) is 9.21 Å². The molecule has 0 N–H and O–H groups in total. The summed E-state index contributed by atoms with van der Waals surface area (Å²) in [6, 6.07) is 16.5. The molecule has 2 aromatic rings. The number of hydrogen-bond acceptors (Lipinski definition) is 3. The third-order valence-corrected chi connectivity index (χ3v) is 6.41. The second kappa shape index (κ2) is 7.66. The van der Waals surface area contributed by atoms with Crippen molar-refractivity contribution in [3.63, 3.8) is 0 Å². The maximum absolute atomic E-state index is 12.7. The fraction of sp³-hybridized carbons (Fsp3) is 0.333. The lowest BCUT2D eigenvalue weighted by Gasteiger charge is -2.22. The Kier molecular flexibility index (Phi) is 5.56. The first-order valence-corrected chi connectivity index (χ1v) is 9.89. The Hall–Kier alpha value is -1.40.